The Bertz CT molecular complexity index is 706. The second-order valence-electron chi connectivity index (χ2n) is 4.65. The fourth-order valence-electron chi connectivity index (χ4n) is 1.84. The Morgan fingerprint density at radius 2 is 1.65 bits per heavy atom. The summed E-state index contributed by atoms with van der Waals surface area (Å²) in [6.45, 7) is 2.07. The first kappa shape index (κ1) is 16.4. The molecule has 2 rings (SSSR count). The molecule has 0 atom stereocenters. The van der Waals surface area contributed by atoms with Crippen LogP contribution in [0, 0.1) is 5.82 Å². The van der Waals surface area contributed by atoms with Crippen LogP contribution in [0.2, 0.25) is 0 Å². The number of ketones is 1. The van der Waals surface area contributed by atoms with Crippen molar-refractivity contribution in [1.29, 1.82) is 0 Å². The molecule has 4 nitrogen and oxygen atoms in total. The first-order valence-corrected chi connectivity index (χ1v) is 7.10. The van der Waals surface area contributed by atoms with E-state index in [2.05, 4.69) is 5.32 Å². The molecule has 0 fully saturated rings. The molecule has 0 saturated heterocycles. The van der Waals surface area contributed by atoms with E-state index in [0.29, 0.717) is 17.7 Å². The molecule has 0 amide bonds. The predicted octanol–water partition coefficient (Wildman–Crippen LogP) is 3.81. The van der Waals surface area contributed by atoms with Gasteiger partial charge in [-0.15, -0.1) is 0 Å². The lowest BCUT2D eigenvalue weighted by atomic mass is 10.1. The molecule has 1 N–H and O–H groups in total. The number of benzene rings is 2. The van der Waals surface area contributed by atoms with Gasteiger partial charge in [-0.2, -0.15) is 0 Å². The molecule has 2 aromatic carbocycles. The molecule has 0 spiro atoms. The molecular weight excluding hydrogens is 297 g/mol. The van der Waals surface area contributed by atoms with Crippen LogP contribution in [0.4, 0.5) is 10.1 Å². The van der Waals surface area contributed by atoms with E-state index in [9.17, 15) is 14.0 Å². The summed E-state index contributed by atoms with van der Waals surface area (Å²) < 4.78 is 17.7. The zero-order chi connectivity index (χ0) is 16.7. The van der Waals surface area contributed by atoms with Crippen LogP contribution in [-0.2, 0) is 4.74 Å². The number of rotatable bonds is 6. The maximum absolute atomic E-state index is 12.8. The van der Waals surface area contributed by atoms with E-state index in [-0.39, 0.29) is 17.6 Å². The molecule has 118 valence electrons. The summed E-state index contributed by atoms with van der Waals surface area (Å²) in [5, 5.41) is 2.93. The number of carbonyl (C=O) groups excluding carboxylic acids is 2. The fraction of sp³-hybridized carbons (Fsp3) is 0.111. The van der Waals surface area contributed by atoms with Crippen molar-refractivity contribution < 1.29 is 18.7 Å². The van der Waals surface area contributed by atoms with Gasteiger partial charge in [0, 0.05) is 23.5 Å². The maximum atomic E-state index is 12.8. The summed E-state index contributed by atoms with van der Waals surface area (Å²) in [6.07, 6.45) is 2.84. The van der Waals surface area contributed by atoms with Gasteiger partial charge in [-0.25, -0.2) is 9.18 Å². The van der Waals surface area contributed by atoms with Crippen molar-refractivity contribution >= 4 is 17.4 Å². The first-order chi connectivity index (χ1) is 11.1. The number of allylic oxidation sites excluding steroid dienone is 1. The average Bonchev–Trinajstić information content (AvgIpc) is 2.56. The molecule has 5 heteroatoms. The van der Waals surface area contributed by atoms with Crippen LogP contribution in [0.25, 0.3) is 0 Å². The SMILES string of the molecule is CCOC(=O)c1ccc(N/C=C/C(=O)c2ccc(F)cc2)cc1. The summed E-state index contributed by atoms with van der Waals surface area (Å²) in [5.74, 6) is -0.993. The number of halogens is 1. The molecule has 0 aliphatic rings. The van der Waals surface area contributed by atoms with E-state index in [1.807, 2.05) is 0 Å². The quantitative estimate of drug-likeness (QED) is 0.500. The summed E-state index contributed by atoms with van der Waals surface area (Å²) >= 11 is 0. The van der Waals surface area contributed by atoms with Gasteiger partial charge in [-0.05, 0) is 55.5 Å². The van der Waals surface area contributed by atoms with Crippen molar-refractivity contribution in [1.82, 2.24) is 0 Å². The monoisotopic (exact) mass is 313 g/mol. The van der Waals surface area contributed by atoms with Crippen LogP contribution in [0.5, 0.6) is 0 Å². The van der Waals surface area contributed by atoms with E-state index in [1.54, 1.807) is 31.2 Å². The fourth-order valence-corrected chi connectivity index (χ4v) is 1.84. The van der Waals surface area contributed by atoms with E-state index >= 15 is 0 Å². The predicted molar refractivity (Wildman–Crippen MR) is 85.9 cm³/mol. The summed E-state index contributed by atoms with van der Waals surface area (Å²) in [4.78, 5) is 23.4. The highest BCUT2D eigenvalue weighted by molar-refractivity contribution is 6.04. The lowest BCUT2D eigenvalue weighted by Crippen LogP contribution is -2.04. The van der Waals surface area contributed by atoms with Crippen molar-refractivity contribution in [2.45, 2.75) is 6.92 Å². The zero-order valence-electron chi connectivity index (χ0n) is 12.6. The van der Waals surface area contributed by atoms with Crippen LogP contribution in [0.1, 0.15) is 27.6 Å². The van der Waals surface area contributed by atoms with Crippen molar-refractivity contribution in [3.05, 3.63) is 77.8 Å². The van der Waals surface area contributed by atoms with Crippen LogP contribution in [-0.4, -0.2) is 18.4 Å². The Morgan fingerprint density at radius 1 is 1.04 bits per heavy atom. The summed E-state index contributed by atoms with van der Waals surface area (Å²) in [5.41, 5.74) is 1.59. The molecule has 23 heavy (non-hydrogen) atoms. The van der Waals surface area contributed by atoms with E-state index in [1.165, 1.54) is 36.5 Å². The van der Waals surface area contributed by atoms with Gasteiger partial charge in [-0.3, -0.25) is 4.79 Å². The van der Waals surface area contributed by atoms with Crippen molar-refractivity contribution in [3.8, 4) is 0 Å². The number of carbonyl (C=O) groups is 2. The third-order valence-electron chi connectivity index (χ3n) is 3.01. The Labute approximate surface area is 133 Å². The highest BCUT2D eigenvalue weighted by Crippen LogP contribution is 2.11. The maximum Gasteiger partial charge on any atom is 0.338 e. The number of nitrogens with one attached hydrogen (secondary N) is 1. The van der Waals surface area contributed by atoms with Gasteiger partial charge >= 0.3 is 5.97 Å². The van der Waals surface area contributed by atoms with Gasteiger partial charge in [0.25, 0.3) is 0 Å². The second-order valence-corrected chi connectivity index (χ2v) is 4.65. The minimum Gasteiger partial charge on any atom is -0.462 e. The molecule has 0 bridgehead atoms. The highest BCUT2D eigenvalue weighted by Gasteiger charge is 2.05. The minimum absolute atomic E-state index is 0.236. The molecule has 0 unspecified atom stereocenters. The lowest BCUT2D eigenvalue weighted by Gasteiger charge is -2.04. The van der Waals surface area contributed by atoms with Gasteiger partial charge in [0.1, 0.15) is 5.82 Å². The Kier molecular flexibility index (Phi) is 5.63. The van der Waals surface area contributed by atoms with E-state index in [4.69, 9.17) is 4.74 Å². The third kappa shape index (κ3) is 4.78. The Morgan fingerprint density at radius 3 is 2.26 bits per heavy atom. The number of hydrogen-bond acceptors (Lipinski definition) is 4. The minimum atomic E-state index is -0.384. The second kappa shape index (κ2) is 7.89. The molecular formula is C18H16FNO3. The normalized spacial score (nSPS) is 10.5. The highest BCUT2D eigenvalue weighted by atomic mass is 19.1. The first-order valence-electron chi connectivity index (χ1n) is 7.10. The van der Waals surface area contributed by atoms with Crippen molar-refractivity contribution in [2.75, 3.05) is 11.9 Å². The summed E-state index contributed by atoms with van der Waals surface area (Å²) in [6, 6.07) is 12.0. The molecule has 0 heterocycles. The van der Waals surface area contributed by atoms with Crippen LogP contribution < -0.4 is 5.32 Å². The Balaban J connectivity index is 1.93. The van der Waals surface area contributed by atoms with Gasteiger partial charge in [0.05, 0.1) is 12.2 Å². The summed E-state index contributed by atoms with van der Waals surface area (Å²) in [7, 11) is 0. The molecule has 2 aromatic rings. The number of esters is 1. The number of hydrogen-bond donors (Lipinski definition) is 1. The van der Waals surface area contributed by atoms with Gasteiger partial charge < -0.3 is 10.1 Å². The number of ether oxygens (including phenoxy) is 1. The topological polar surface area (TPSA) is 55.4 Å². The molecule has 0 aliphatic heterocycles. The standard InChI is InChI=1S/C18H16FNO3/c1-2-23-18(22)14-5-9-16(10-6-14)20-12-11-17(21)13-3-7-15(19)8-4-13/h3-12,20H,2H2,1H3/b12-11+. The Hall–Kier alpha value is -2.95. The van der Waals surface area contributed by atoms with E-state index in [0.717, 1.165) is 5.69 Å². The van der Waals surface area contributed by atoms with Gasteiger partial charge in [0.15, 0.2) is 5.78 Å². The van der Waals surface area contributed by atoms with Crippen LogP contribution in [0.3, 0.4) is 0 Å². The van der Waals surface area contributed by atoms with Crippen LogP contribution in [0.15, 0.2) is 60.8 Å². The molecule has 0 radical (unpaired) electrons. The van der Waals surface area contributed by atoms with Gasteiger partial charge in [0.2, 0.25) is 0 Å². The van der Waals surface area contributed by atoms with Gasteiger partial charge in [-0.1, -0.05) is 0 Å². The average molecular weight is 313 g/mol. The molecule has 0 aromatic heterocycles. The lowest BCUT2D eigenvalue weighted by molar-refractivity contribution is 0.0526. The van der Waals surface area contributed by atoms with E-state index < -0.39 is 0 Å². The van der Waals surface area contributed by atoms with Crippen molar-refractivity contribution in [3.63, 3.8) is 0 Å². The zero-order valence-corrected chi connectivity index (χ0v) is 12.6. The smallest absolute Gasteiger partial charge is 0.338 e. The van der Waals surface area contributed by atoms with Crippen molar-refractivity contribution in [2.24, 2.45) is 0 Å². The number of anilines is 1. The molecule has 0 aliphatic carbocycles. The molecule has 0 saturated carbocycles. The third-order valence-corrected chi connectivity index (χ3v) is 3.01. The largest absolute Gasteiger partial charge is 0.462 e. The van der Waals surface area contributed by atoms with Crippen LogP contribution >= 0.6 is 0 Å².